The lowest BCUT2D eigenvalue weighted by atomic mass is 10.2. The number of anilines is 1. The number of benzene rings is 2. The summed E-state index contributed by atoms with van der Waals surface area (Å²) in [6.45, 7) is 0. The molecule has 0 amide bonds. The number of H-pyrrole nitrogens is 1. The van der Waals surface area contributed by atoms with E-state index in [2.05, 4.69) is 9.97 Å². The number of hydrogen-bond donors (Lipinski definition) is 2. The van der Waals surface area contributed by atoms with Crippen molar-refractivity contribution in [2.75, 3.05) is 4.72 Å². The molecule has 0 aliphatic heterocycles. The van der Waals surface area contributed by atoms with Crippen LogP contribution in [0.25, 0.3) is 23.2 Å². The summed E-state index contributed by atoms with van der Waals surface area (Å²) in [7, 11) is -5.42. The Morgan fingerprint density at radius 3 is 2.32 bits per heavy atom. The van der Waals surface area contributed by atoms with Crippen molar-refractivity contribution in [3.63, 3.8) is 0 Å². The quantitative estimate of drug-likeness (QED) is 0.732. The first-order valence-corrected chi connectivity index (χ1v) is 8.55. The molecule has 3 aromatic rings. The molecule has 0 aliphatic carbocycles. The monoisotopic (exact) mass is 367 g/mol. The minimum Gasteiger partial charge on any atom is -0.338 e. The number of alkyl halides is 3. The SMILES string of the molecule is O=S(=O)(Nc1ccc(C=Cc2nc3ccccc3[nH]2)cc1)C(F)(F)F. The molecule has 0 unspecified atom stereocenters. The highest BCUT2D eigenvalue weighted by atomic mass is 32.2. The molecule has 0 saturated heterocycles. The Balaban J connectivity index is 1.74. The lowest BCUT2D eigenvalue weighted by Crippen LogP contribution is -2.29. The molecule has 2 N–H and O–H groups in total. The van der Waals surface area contributed by atoms with Crippen molar-refractivity contribution < 1.29 is 21.6 Å². The first kappa shape index (κ1) is 17.0. The van der Waals surface area contributed by atoms with Gasteiger partial charge in [0.05, 0.1) is 11.0 Å². The molecule has 25 heavy (non-hydrogen) atoms. The molecule has 0 spiro atoms. The van der Waals surface area contributed by atoms with Gasteiger partial charge in [0.15, 0.2) is 0 Å². The van der Waals surface area contributed by atoms with Crippen LogP contribution in [0, 0.1) is 0 Å². The molecule has 0 bridgehead atoms. The number of nitrogens with one attached hydrogen (secondary N) is 2. The number of sulfonamides is 1. The van der Waals surface area contributed by atoms with Gasteiger partial charge in [-0.1, -0.05) is 30.3 Å². The van der Waals surface area contributed by atoms with Crippen molar-refractivity contribution in [2.24, 2.45) is 0 Å². The number of aromatic nitrogens is 2. The number of aromatic amines is 1. The Labute approximate surface area is 141 Å². The molecular formula is C16H12F3N3O2S. The second-order valence-electron chi connectivity index (χ2n) is 5.15. The van der Waals surface area contributed by atoms with Gasteiger partial charge in [0.25, 0.3) is 0 Å². The van der Waals surface area contributed by atoms with E-state index < -0.39 is 15.5 Å². The van der Waals surface area contributed by atoms with Crippen molar-refractivity contribution >= 4 is 38.9 Å². The molecule has 0 aliphatic rings. The fourth-order valence-electron chi connectivity index (χ4n) is 2.10. The molecule has 0 radical (unpaired) electrons. The minimum atomic E-state index is -5.42. The molecule has 0 saturated carbocycles. The first-order valence-electron chi connectivity index (χ1n) is 7.07. The minimum absolute atomic E-state index is 0.168. The molecule has 0 atom stereocenters. The number of para-hydroxylation sites is 2. The number of nitrogens with zero attached hydrogens (tertiary/aromatic N) is 1. The van der Waals surface area contributed by atoms with Crippen LogP contribution in [0.3, 0.4) is 0 Å². The Morgan fingerprint density at radius 2 is 1.68 bits per heavy atom. The van der Waals surface area contributed by atoms with Crippen molar-refractivity contribution in [3.8, 4) is 0 Å². The summed E-state index contributed by atoms with van der Waals surface area (Å²) in [5, 5.41) is 0. The predicted octanol–water partition coefficient (Wildman–Crippen LogP) is 3.99. The zero-order valence-electron chi connectivity index (χ0n) is 12.6. The molecule has 2 aromatic carbocycles. The van der Waals surface area contributed by atoms with Crippen LogP contribution in [0.4, 0.5) is 18.9 Å². The Kier molecular flexibility index (Phi) is 4.25. The van der Waals surface area contributed by atoms with Crippen LogP contribution >= 0.6 is 0 Å². The van der Waals surface area contributed by atoms with Gasteiger partial charge >= 0.3 is 15.5 Å². The van der Waals surface area contributed by atoms with Crippen LogP contribution in [-0.4, -0.2) is 23.9 Å². The average molecular weight is 367 g/mol. The third-order valence-electron chi connectivity index (χ3n) is 3.31. The summed E-state index contributed by atoms with van der Waals surface area (Å²) >= 11 is 0. The summed E-state index contributed by atoms with van der Waals surface area (Å²) in [5.74, 6) is 0.628. The van der Waals surface area contributed by atoms with Crippen molar-refractivity contribution in [1.29, 1.82) is 0 Å². The maximum atomic E-state index is 12.3. The molecule has 5 nitrogen and oxygen atoms in total. The summed E-state index contributed by atoms with van der Waals surface area (Å²) in [6.07, 6.45) is 3.43. The predicted molar refractivity (Wildman–Crippen MR) is 90.1 cm³/mol. The molecular weight excluding hydrogens is 355 g/mol. The lowest BCUT2D eigenvalue weighted by Gasteiger charge is -2.10. The van der Waals surface area contributed by atoms with Gasteiger partial charge in [-0.05, 0) is 35.9 Å². The maximum Gasteiger partial charge on any atom is 0.516 e. The molecule has 0 fully saturated rings. The number of hydrogen-bond acceptors (Lipinski definition) is 3. The van der Waals surface area contributed by atoms with E-state index in [0.29, 0.717) is 11.4 Å². The van der Waals surface area contributed by atoms with Gasteiger partial charge in [0.2, 0.25) is 0 Å². The topological polar surface area (TPSA) is 74.8 Å². The van der Waals surface area contributed by atoms with Gasteiger partial charge < -0.3 is 4.98 Å². The van der Waals surface area contributed by atoms with Crippen LogP contribution in [0.2, 0.25) is 0 Å². The highest BCUT2D eigenvalue weighted by Crippen LogP contribution is 2.25. The summed E-state index contributed by atoms with van der Waals surface area (Å²) in [4.78, 5) is 7.47. The van der Waals surface area contributed by atoms with Gasteiger partial charge in [-0.2, -0.15) is 21.6 Å². The number of rotatable bonds is 4. The fraction of sp³-hybridized carbons (Fsp3) is 0.0625. The first-order chi connectivity index (χ1) is 11.7. The van der Waals surface area contributed by atoms with Crippen molar-refractivity contribution in [2.45, 2.75) is 5.51 Å². The van der Waals surface area contributed by atoms with Gasteiger partial charge in [-0.3, -0.25) is 4.72 Å². The van der Waals surface area contributed by atoms with Gasteiger partial charge in [-0.25, -0.2) is 4.98 Å². The van der Waals surface area contributed by atoms with Crippen LogP contribution in [-0.2, 0) is 10.0 Å². The third-order valence-corrected chi connectivity index (χ3v) is 4.42. The van der Waals surface area contributed by atoms with Crippen molar-refractivity contribution in [3.05, 3.63) is 59.9 Å². The van der Waals surface area contributed by atoms with E-state index in [-0.39, 0.29) is 5.69 Å². The maximum absolute atomic E-state index is 12.3. The van der Waals surface area contributed by atoms with E-state index in [1.165, 1.54) is 29.0 Å². The van der Waals surface area contributed by atoms with Crippen LogP contribution < -0.4 is 4.72 Å². The van der Waals surface area contributed by atoms with Crippen LogP contribution in [0.1, 0.15) is 11.4 Å². The standard InChI is InChI=1S/C16H12F3N3O2S/c17-16(18,19)25(23,24)22-12-8-5-11(6-9-12)7-10-15-20-13-3-1-2-4-14(13)21-15/h1-10,22H,(H,20,21). The molecule has 9 heteroatoms. The van der Waals surface area contributed by atoms with E-state index >= 15 is 0 Å². The number of fused-ring (bicyclic) bond motifs is 1. The second-order valence-corrected chi connectivity index (χ2v) is 6.82. The summed E-state index contributed by atoms with van der Waals surface area (Å²) < 4.78 is 60.5. The summed E-state index contributed by atoms with van der Waals surface area (Å²) in [6, 6.07) is 13.0. The van der Waals surface area contributed by atoms with E-state index in [1.807, 2.05) is 24.3 Å². The van der Waals surface area contributed by atoms with Crippen LogP contribution in [0.15, 0.2) is 48.5 Å². The Hall–Kier alpha value is -2.81. The number of halogens is 3. The fourth-order valence-corrected chi connectivity index (χ4v) is 2.66. The molecule has 3 rings (SSSR count). The third kappa shape index (κ3) is 3.82. The normalized spacial score (nSPS) is 12.8. The molecule has 1 aromatic heterocycles. The van der Waals surface area contributed by atoms with E-state index in [0.717, 1.165) is 11.0 Å². The molecule has 1 heterocycles. The largest absolute Gasteiger partial charge is 0.516 e. The zero-order chi connectivity index (χ0) is 18.1. The zero-order valence-corrected chi connectivity index (χ0v) is 13.4. The smallest absolute Gasteiger partial charge is 0.338 e. The highest BCUT2D eigenvalue weighted by molar-refractivity contribution is 7.93. The Bertz CT molecular complexity index is 990. The van der Waals surface area contributed by atoms with E-state index in [1.54, 1.807) is 12.2 Å². The van der Waals surface area contributed by atoms with Gasteiger partial charge in [0, 0.05) is 5.69 Å². The van der Waals surface area contributed by atoms with E-state index in [9.17, 15) is 21.6 Å². The number of imidazole rings is 1. The highest BCUT2D eigenvalue weighted by Gasteiger charge is 2.45. The van der Waals surface area contributed by atoms with Gasteiger partial charge in [-0.15, -0.1) is 0 Å². The van der Waals surface area contributed by atoms with Gasteiger partial charge in [0.1, 0.15) is 5.82 Å². The average Bonchev–Trinajstić information content (AvgIpc) is 2.96. The summed E-state index contributed by atoms with van der Waals surface area (Å²) in [5.41, 5.74) is -3.14. The van der Waals surface area contributed by atoms with Crippen LogP contribution in [0.5, 0.6) is 0 Å². The van der Waals surface area contributed by atoms with E-state index in [4.69, 9.17) is 0 Å². The Morgan fingerprint density at radius 1 is 1.00 bits per heavy atom. The second kappa shape index (κ2) is 6.25. The lowest BCUT2D eigenvalue weighted by molar-refractivity contribution is -0.0429. The molecule has 130 valence electrons. The van der Waals surface area contributed by atoms with Crippen molar-refractivity contribution in [1.82, 2.24) is 9.97 Å².